The van der Waals surface area contributed by atoms with Gasteiger partial charge >= 0.3 is 6.03 Å². The summed E-state index contributed by atoms with van der Waals surface area (Å²) in [5, 5.41) is 5.35. The van der Waals surface area contributed by atoms with Gasteiger partial charge < -0.3 is 20.7 Å². The molecule has 0 spiro atoms. The molecule has 0 atom stereocenters. The number of carbonyl (C=O) groups excluding carboxylic acids is 2. The molecule has 182 valence electrons. The molecule has 1 aromatic carbocycles. The molecule has 3 rings (SSSR count). The van der Waals surface area contributed by atoms with E-state index >= 15 is 0 Å². The Bertz CT molecular complexity index is 949. The summed E-state index contributed by atoms with van der Waals surface area (Å²) in [5.74, 6) is -2.71. The normalized spacial score (nSPS) is 13.4. The molecule has 2 aromatic rings. The highest BCUT2D eigenvalue weighted by Crippen LogP contribution is 2.31. The van der Waals surface area contributed by atoms with Crippen molar-refractivity contribution in [1.29, 1.82) is 0 Å². The van der Waals surface area contributed by atoms with Gasteiger partial charge in [0.15, 0.2) is 0 Å². The van der Waals surface area contributed by atoms with Crippen molar-refractivity contribution in [2.75, 3.05) is 31.5 Å². The van der Waals surface area contributed by atoms with Crippen LogP contribution in [-0.2, 0) is 6.61 Å². The van der Waals surface area contributed by atoms with E-state index in [-0.39, 0.29) is 31.2 Å². The standard InChI is InChI=1S/C20H24BrF2N5O3S.FH/c21-12-9-14(22)13(15(23)10-12)11-31-18-16(17(24)29)19(32-27-18)26-20(30)25-5-1-2-6-28-7-3-4-8-28;/h9-10H,1-8,11H2,(H2,24,29)(H2,25,26,30);1H. The molecular formula is C20H25BrF3N5O3S. The largest absolute Gasteiger partial charge is 0.471 e. The van der Waals surface area contributed by atoms with E-state index in [0.717, 1.165) is 56.1 Å². The van der Waals surface area contributed by atoms with Crippen LogP contribution in [0.4, 0.5) is 23.3 Å². The maximum absolute atomic E-state index is 14.0. The van der Waals surface area contributed by atoms with Crippen LogP contribution in [0.5, 0.6) is 5.88 Å². The average molecular weight is 552 g/mol. The summed E-state index contributed by atoms with van der Waals surface area (Å²) in [6.45, 7) is 3.28. The van der Waals surface area contributed by atoms with Crippen molar-refractivity contribution >= 4 is 44.4 Å². The molecule has 1 aliphatic heterocycles. The van der Waals surface area contributed by atoms with Gasteiger partial charge in [0.05, 0.1) is 5.56 Å². The van der Waals surface area contributed by atoms with Crippen LogP contribution in [0.25, 0.3) is 0 Å². The Kier molecular flexibility index (Phi) is 10.4. The van der Waals surface area contributed by atoms with Gasteiger partial charge in [0.2, 0.25) is 5.88 Å². The maximum atomic E-state index is 14.0. The molecule has 0 radical (unpaired) electrons. The van der Waals surface area contributed by atoms with Crippen LogP contribution in [-0.4, -0.2) is 47.4 Å². The molecule has 0 bridgehead atoms. The number of nitrogens with two attached hydrogens (primary N) is 1. The molecule has 1 saturated heterocycles. The zero-order chi connectivity index (χ0) is 23.1. The molecule has 1 aromatic heterocycles. The van der Waals surface area contributed by atoms with Crippen LogP contribution >= 0.6 is 27.5 Å². The van der Waals surface area contributed by atoms with Gasteiger partial charge in [0.25, 0.3) is 5.91 Å². The van der Waals surface area contributed by atoms with Gasteiger partial charge in [-0.3, -0.25) is 14.8 Å². The lowest BCUT2D eigenvalue weighted by Crippen LogP contribution is -2.30. The third-order valence-electron chi connectivity index (χ3n) is 4.98. The Labute approximate surface area is 201 Å². The van der Waals surface area contributed by atoms with E-state index in [2.05, 4.69) is 35.8 Å². The summed E-state index contributed by atoms with van der Waals surface area (Å²) in [5.41, 5.74) is 4.92. The Morgan fingerprint density at radius 3 is 2.52 bits per heavy atom. The van der Waals surface area contributed by atoms with Crippen molar-refractivity contribution in [1.82, 2.24) is 14.6 Å². The number of carbonyl (C=O) groups is 2. The monoisotopic (exact) mass is 551 g/mol. The summed E-state index contributed by atoms with van der Waals surface area (Å²) in [7, 11) is 0. The van der Waals surface area contributed by atoms with Crippen molar-refractivity contribution in [2.45, 2.75) is 32.3 Å². The van der Waals surface area contributed by atoms with E-state index in [4.69, 9.17) is 10.5 Å². The lowest BCUT2D eigenvalue weighted by molar-refractivity contribution is 0.0996. The van der Waals surface area contributed by atoms with Gasteiger partial charge in [-0.2, -0.15) is 4.37 Å². The minimum absolute atomic E-state index is 0. The number of hydrogen-bond donors (Lipinski definition) is 3. The molecular weight excluding hydrogens is 527 g/mol. The first-order chi connectivity index (χ1) is 15.3. The van der Waals surface area contributed by atoms with Crippen LogP contribution in [0, 0.1) is 11.6 Å². The summed E-state index contributed by atoms with van der Waals surface area (Å²) in [4.78, 5) is 26.5. The van der Waals surface area contributed by atoms with Crippen molar-refractivity contribution in [3.63, 3.8) is 0 Å². The van der Waals surface area contributed by atoms with E-state index in [1.54, 1.807) is 0 Å². The number of unbranched alkanes of at least 4 members (excludes halogenated alkanes) is 1. The van der Waals surface area contributed by atoms with E-state index in [9.17, 15) is 18.4 Å². The van der Waals surface area contributed by atoms with E-state index in [1.165, 1.54) is 12.8 Å². The van der Waals surface area contributed by atoms with Crippen LogP contribution in [0.1, 0.15) is 41.6 Å². The molecule has 13 heteroatoms. The predicted octanol–water partition coefficient (Wildman–Crippen LogP) is 4.01. The Hall–Kier alpha value is -2.38. The highest BCUT2D eigenvalue weighted by molar-refractivity contribution is 9.10. The lowest BCUT2D eigenvalue weighted by Gasteiger charge is -2.14. The minimum Gasteiger partial charge on any atom is -0.471 e. The number of urea groups is 1. The number of hydrogen-bond acceptors (Lipinski definition) is 6. The van der Waals surface area contributed by atoms with Gasteiger partial charge in [0, 0.05) is 11.0 Å². The molecule has 8 nitrogen and oxygen atoms in total. The number of rotatable bonds is 10. The molecule has 0 aliphatic carbocycles. The third-order valence-corrected chi connectivity index (χ3v) is 6.18. The fourth-order valence-electron chi connectivity index (χ4n) is 3.34. The predicted molar refractivity (Wildman–Crippen MR) is 123 cm³/mol. The molecule has 2 heterocycles. The zero-order valence-electron chi connectivity index (χ0n) is 17.7. The summed E-state index contributed by atoms with van der Waals surface area (Å²) < 4.78 is 37.5. The topological polar surface area (TPSA) is 110 Å². The first-order valence-corrected chi connectivity index (χ1v) is 11.7. The molecule has 1 aliphatic rings. The number of benzene rings is 1. The first-order valence-electron chi connectivity index (χ1n) is 10.2. The summed E-state index contributed by atoms with van der Waals surface area (Å²) in [6.07, 6.45) is 4.30. The molecule has 4 N–H and O–H groups in total. The number of likely N-dealkylation sites (tertiary alicyclic amines) is 1. The average Bonchev–Trinajstić information content (AvgIpc) is 3.37. The molecule has 3 amide bonds. The van der Waals surface area contributed by atoms with E-state index < -0.39 is 30.2 Å². The highest BCUT2D eigenvalue weighted by atomic mass is 79.9. The summed E-state index contributed by atoms with van der Waals surface area (Å²) in [6, 6.07) is 1.69. The van der Waals surface area contributed by atoms with Gasteiger partial charge in [-0.05, 0) is 69.0 Å². The number of nitrogens with zero attached hydrogens (tertiary/aromatic N) is 2. The van der Waals surface area contributed by atoms with E-state index in [0.29, 0.717) is 6.54 Å². The number of primary amides is 1. The third kappa shape index (κ3) is 7.57. The van der Waals surface area contributed by atoms with Crippen LogP contribution < -0.4 is 21.1 Å². The number of amides is 3. The smallest absolute Gasteiger partial charge is 0.319 e. The Morgan fingerprint density at radius 1 is 1.21 bits per heavy atom. The number of halogens is 4. The first kappa shape index (κ1) is 26.9. The van der Waals surface area contributed by atoms with Crippen molar-refractivity contribution in [3.8, 4) is 5.88 Å². The van der Waals surface area contributed by atoms with Gasteiger partial charge in [-0.1, -0.05) is 15.9 Å². The highest BCUT2D eigenvalue weighted by Gasteiger charge is 2.23. The second-order valence-corrected chi connectivity index (χ2v) is 9.02. The van der Waals surface area contributed by atoms with E-state index in [1.807, 2.05) is 0 Å². The number of nitrogens with one attached hydrogen (secondary N) is 2. The van der Waals surface area contributed by atoms with Crippen LogP contribution in [0.2, 0.25) is 0 Å². The number of anilines is 1. The summed E-state index contributed by atoms with van der Waals surface area (Å²) >= 11 is 3.79. The SMILES string of the molecule is F.NC(=O)c1c(OCc2c(F)cc(Br)cc2F)nsc1NC(=O)NCCCCN1CCCC1. The van der Waals surface area contributed by atoms with Gasteiger partial charge in [0.1, 0.15) is 28.8 Å². The van der Waals surface area contributed by atoms with Crippen LogP contribution in [0.3, 0.4) is 0 Å². The molecule has 33 heavy (non-hydrogen) atoms. The second-order valence-electron chi connectivity index (χ2n) is 7.33. The minimum atomic E-state index is -0.883. The fourth-order valence-corrected chi connectivity index (χ4v) is 4.48. The molecule has 0 saturated carbocycles. The van der Waals surface area contributed by atoms with Crippen molar-refractivity contribution < 1.29 is 27.8 Å². The zero-order valence-corrected chi connectivity index (χ0v) is 20.1. The maximum Gasteiger partial charge on any atom is 0.319 e. The van der Waals surface area contributed by atoms with Gasteiger partial charge in [-0.25, -0.2) is 13.6 Å². The Balaban J connectivity index is 0.00000385. The molecule has 1 fully saturated rings. The van der Waals surface area contributed by atoms with Crippen molar-refractivity contribution in [3.05, 3.63) is 39.4 Å². The number of aromatic nitrogens is 1. The Morgan fingerprint density at radius 2 is 1.88 bits per heavy atom. The van der Waals surface area contributed by atoms with Crippen LogP contribution in [0.15, 0.2) is 16.6 Å². The second kappa shape index (κ2) is 12.8. The fraction of sp³-hybridized carbons (Fsp3) is 0.450. The lowest BCUT2D eigenvalue weighted by atomic mass is 10.2. The van der Waals surface area contributed by atoms with Gasteiger partial charge in [-0.15, -0.1) is 0 Å². The van der Waals surface area contributed by atoms with Crippen molar-refractivity contribution in [2.24, 2.45) is 5.73 Å². The number of ether oxygens (including phenoxy) is 1. The molecule has 0 unspecified atom stereocenters. The quantitative estimate of drug-likeness (QED) is 0.386.